The van der Waals surface area contributed by atoms with Crippen LogP contribution in [0.2, 0.25) is 0 Å². The third-order valence-electron chi connectivity index (χ3n) is 1.25. The Labute approximate surface area is 64.6 Å². The van der Waals surface area contributed by atoms with Crippen LogP contribution < -0.4 is 5.73 Å². The van der Waals surface area contributed by atoms with Crippen molar-refractivity contribution in [1.82, 2.24) is 0 Å². The van der Waals surface area contributed by atoms with Gasteiger partial charge in [0.15, 0.2) is 0 Å². The molecule has 0 aromatic rings. The maximum atomic E-state index is 8.44. The molecule has 0 saturated carbocycles. The summed E-state index contributed by atoms with van der Waals surface area (Å²) in [7, 11) is 0. The second-order valence-electron chi connectivity index (χ2n) is 2.24. The van der Waals surface area contributed by atoms with Crippen LogP contribution in [-0.4, -0.2) is 5.00 Å². The number of nitrogens with zero attached hydrogens (tertiary/aromatic N) is 1. The summed E-state index contributed by atoms with van der Waals surface area (Å²) in [6.45, 7) is 0. The monoisotopic (exact) mass is 154 g/mol. The molecule has 10 heavy (non-hydrogen) atoms. The lowest BCUT2D eigenvalue weighted by atomic mass is 10.0. The highest BCUT2D eigenvalue weighted by Crippen LogP contribution is 2.21. The number of hydrogen-bond acceptors (Lipinski definition) is 2. The maximum Gasteiger partial charge on any atom is 0.115 e. The van der Waals surface area contributed by atoms with Gasteiger partial charge in [-0.2, -0.15) is 5.26 Å². The summed E-state index contributed by atoms with van der Waals surface area (Å²) in [5, 5.41) is 8.44. The van der Waals surface area contributed by atoms with E-state index in [-0.39, 0.29) is 0 Å². The van der Waals surface area contributed by atoms with E-state index in [1.807, 2.05) is 6.07 Å². The molecule has 0 aromatic carbocycles. The molecular formula is C7H7ClN2. The smallest absolute Gasteiger partial charge is 0.115 e. The summed E-state index contributed by atoms with van der Waals surface area (Å²) in [5.74, 6) is 0. The average molecular weight is 155 g/mol. The predicted molar refractivity (Wildman–Crippen MR) is 40.2 cm³/mol. The minimum atomic E-state index is -0.847. The van der Waals surface area contributed by atoms with E-state index in [4.69, 9.17) is 22.6 Å². The zero-order valence-electron chi connectivity index (χ0n) is 5.34. The van der Waals surface area contributed by atoms with Gasteiger partial charge < -0.3 is 5.73 Å². The molecule has 0 bridgehead atoms. The van der Waals surface area contributed by atoms with Crippen LogP contribution >= 0.6 is 11.6 Å². The van der Waals surface area contributed by atoms with Gasteiger partial charge in [-0.25, -0.2) is 0 Å². The third-order valence-corrected chi connectivity index (χ3v) is 1.52. The first-order valence-electron chi connectivity index (χ1n) is 2.91. The van der Waals surface area contributed by atoms with E-state index < -0.39 is 5.00 Å². The van der Waals surface area contributed by atoms with Crippen molar-refractivity contribution < 1.29 is 0 Å². The molecule has 0 aliphatic heterocycles. The van der Waals surface area contributed by atoms with E-state index >= 15 is 0 Å². The predicted octanol–water partition coefficient (Wildman–Crippen LogP) is 1.29. The van der Waals surface area contributed by atoms with Crippen LogP contribution in [0.1, 0.15) is 6.42 Å². The lowest BCUT2D eigenvalue weighted by Crippen LogP contribution is -2.31. The van der Waals surface area contributed by atoms with Crippen molar-refractivity contribution in [3.63, 3.8) is 0 Å². The minimum Gasteiger partial charge on any atom is -0.309 e. The average Bonchev–Trinajstić information content (AvgIpc) is 1.86. The molecule has 2 nitrogen and oxygen atoms in total. The SMILES string of the molecule is N#CC1=CC(N)(Cl)CC=C1. The minimum absolute atomic E-state index is 0.531. The molecule has 52 valence electrons. The second kappa shape index (κ2) is 2.45. The molecule has 0 radical (unpaired) electrons. The number of allylic oxidation sites excluding steroid dienone is 2. The molecular weight excluding hydrogens is 148 g/mol. The molecule has 0 heterocycles. The first kappa shape index (κ1) is 7.33. The lowest BCUT2D eigenvalue weighted by molar-refractivity contribution is 0.739. The van der Waals surface area contributed by atoms with Crippen LogP contribution in [0.15, 0.2) is 23.8 Å². The van der Waals surface area contributed by atoms with Gasteiger partial charge in [-0.1, -0.05) is 17.7 Å². The molecule has 1 aliphatic carbocycles. The molecule has 1 aliphatic rings. The fraction of sp³-hybridized carbons (Fsp3) is 0.286. The molecule has 0 fully saturated rings. The van der Waals surface area contributed by atoms with Gasteiger partial charge in [0.05, 0.1) is 11.6 Å². The van der Waals surface area contributed by atoms with Gasteiger partial charge >= 0.3 is 0 Å². The van der Waals surface area contributed by atoms with Gasteiger partial charge in [0.1, 0.15) is 5.00 Å². The second-order valence-corrected chi connectivity index (χ2v) is 2.95. The Morgan fingerprint density at radius 1 is 1.80 bits per heavy atom. The van der Waals surface area contributed by atoms with Crippen LogP contribution in [0.5, 0.6) is 0 Å². The summed E-state index contributed by atoms with van der Waals surface area (Å²) < 4.78 is 0. The molecule has 0 amide bonds. The fourth-order valence-electron chi connectivity index (χ4n) is 0.802. The summed E-state index contributed by atoms with van der Waals surface area (Å²) in [4.78, 5) is -0.847. The van der Waals surface area contributed by atoms with Crippen LogP contribution in [0.3, 0.4) is 0 Å². The molecule has 0 aromatic heterocycles. The van der Waals surface area contributed by atoms with Crippen molar-refractivity contribution in [3.05, 3.63) is 23.8 Å². The standard InChI is InChI=1S/C7H7ClN2/c8-7(10)3-1-2-6(4-7)5-9/h1-2,4H,3,10H2. The molecule has 1 unspecified atom stereocenters. The van der Waals surface area contributed by atoms with Crippen LogP contribution in [0.25, 0.3) is 0 Å². The molecule has 2 N–H and O–H groups in total. The van der Waals surface area contributed by atoms with E-state index in [1.165, 1.54) is 0 Å². The quantitative estimate of drug-likeness (QED) is 0.422. The number of halogens is 1. The van der Waals surface area contributed by atoms with Gasteiger partial charge in [0, 0.05) is 6.42 Å². The van der Waals surface area contributed by atoms with Crippen LogP contribution in [0, 0.1) is 11.3 Å². The molecule has 3 heteroatoms. The van der Waals surface area contributed by atoms with E-state index in [1.54, 1.807) is 18.2 Å². The number of hydrogen-bond donors (Lipinski definition) is 1. The number of alkyl halides is 1. The van der Waals surface area contributed by atoms with E-state index in [0.717, 1.165) is 0 Å². The number of rotatable bonds is 0. The Hall–Kier alpha value is -0.780. The summed E-state index contributed by atoms with van der Waals surface area (Å²) >= 11 is 5.74. The Morgan fingerprint density at radius 2 is 2.50 bits per heavy atom. The third kappa shape index (κ3) is 1.60. The normalized spacial score (nSPS) is 31.1. The lowest BCUT2D eigenvalue weighted by Gasteiger charge is -2.17. The summed E-state index contributed by atoms with van der Waals surface area (Å²) in [6.07, 6.45) is 5.66. The van der Waals surface area contributed by atoms with Gasteiger partial charge in [0.2, 0.25) is 0 Å². The summed E-state index contributed by atoms with van der Waals surface area (Å²) in [6, 6.07) is 1.97. The van der Waals surface area contributed by atoms with Crippen molar-refractivity contribution in [3.8, 4) is 6.07 Å². The Morgan fingerprint density at radius 3 is 2.90 bits per heavy atom. The highest BCUT2D eigenvalue weighted by Gasteiger charge is 2.19. The number of nitriles is 1. The zero-order chi connectivity index (χ0) is 7.61. The Kier molecular flexibility index (Phi) is 1.80. The summed E-state index contributed by atoms with van der Waals surface area (Å²) in [5.41, 5.74) is 6.06. The molecule has 0 spiro atoms. The molecule has 1 rings (SSSR count). The van der Waals surface area contributed by atoms with Gasteiger partial charge in [0.25, 0.3) is 0 Å². The van der Waals surface area contributed by atoms with E-state index in [0.29, 0.717) is 12.0 Å². The van der Waals surface area contributed by atoms with Gasteiger partial charge in [-0.3, -0.25) is 0 Å². The van der Waals surface area contributed by atoms with Crippen molar-refractivity contribution >= 4 is 11.6 Å². The topological polar surface area (TPSA) is 49.8 Å². The Bertz CT molecular complexity index is 232. The number of nitrogens with two attached hydrogens (primary N) is 1. The Balaban J connectivity index is 2.88. The van der Waals surface area contributed by atoms with E-state index in [9.17, 15) is 0 Å². The largest absolute Gasteiger partial charge is 0.309 e. The van der Waals surface area contributed by atoms with Crippen LogP contribution in [0.4, 0.5) is 0 Å². The molecule has 1 atom stereocenters. The van der Waals surface area contributed by atoms with Crippen molar-refractivity contribution in [2.75, 3.05) is 0 Å². The first-order chi connectivity index (χ1) is 4.64. The van der Waals surface area contributed by atoms with Crippen molar-refractivity contribution in [1.29, 1.82) is 5.26 Å². The fourth-order valence-corrected chi connectivity index (χ4v) is 1.01. The van der Waals surface area contributed by atoms with Gasteiger partial charge in [-0.05, 0) is 12.2 Å². The zero-order valence-corrected chi connectivity index (χ0v) is 6.10. The highest BCUT2D eigenvalue weighted by atomic mass is 35.5. The maximum absolute atomic E-state index is 8.44. The van der Waals surface area contributed by atoms with E-state index in [2.05, 4.69) is 0 Å². The highest BCUT2D eigenvalue weighted by molar-refractivity contribution is 6.25. The first-order valence-corrected chi connectivity index (χ1v) is 3.29. The van der Waals surface area contributed by atoms with Crippen molar-refractivity contribution in [2.45, 2.75) is 11.4 Å². The molecule has 0 saturated heterocycles. The van der Waals surface area contributed by atoms with Gasteiger partial charge in [-0.15, -0.1) is 0 Å². The van der Waals surface area contributed by atoms with Crippen molar-refractivity contribution in [2.24, 2.45) is 5.73 Å². The van der Waals surface area contributed by atoms with Crippen LogP contribution in [-0.2, 0) is 0 Å².